The van der Waals surface area contributed by atoms with Gasteiger partial charge in [-0.15, -0.1) is 5.92 Å². The van der Waals surface area contributed by atoms with Gasteiger partial charge in [0.05, 0.1) is 6.54 Å². The number of rotatable bonds is 1. The van der Waals surface area contributed by atoms with Crippen LogP contribution in [0.1, 0.15) is 27.7 Å². The van der Waals surface area contributed by atoms with Gasteiger partial charge in [-0.1, -0.05) is 5.92 Å². The molecular formula is C13H22N2O2. The smallest absolute Gasteiger partial charge is 0.410 e. The van der Waals surface area contributed by atoms with E-state index in [-0.39, 0.29) is 6.09 Å². The number of hydrogen-bond acceptors (Lipinski definition) is 3. The van der Waals surface area contributed by atoms with Crippen LogP contribution in [0.5, 0.6) is 0 Å². The highest BCUT2D eigenvalue weighted by molar-refractivity contribution is 5.68. The lowest BCUT2D eigenvalue weighted by Crippen LogP contribution is -2.49. The second-order valence-corrected chi connectivity index (χ2v) is 5.17. The van der Waals surface area contributed by atoms with Crippen LogP contribution in [0.2, 0.25) is 0 Å². The standard InChI is InChI=1S/C13H22N2O2/c1-5-6-7-14-8-10-15(11-9-14)12(16)17-13(2,3)4/h7-11H2,1-4H3. The topological polar surface area (TPSA) is 32.8 Å². The van der Waals surface area contributed by atoms with E-state index < -0.39 is 5.60 Å². The molecule has 0 radical (unpaired) electrons. The Morgan fingerprint density at radius 2 is 1.82 bits per heavy atom. The Morgan fingerprint density at radius 3 is 2.29 bits per heavy atom. The number of hydrogen-bond donors (Lipinski definition) is 0. The van der Waals surface area contributed by atoms with Crippen LogP contribution in [-0.4, -0.2) is 54.2 Å². The van der Waals surface area contributed by atoms with Gasteiger partial charge in [0.25, 0.3) is 0 Å². The maximum Gasteiger partial charge on any atom is 0.410 e. The van der Waals surface area contributed by atoms with Crippen LogP contribution < -0.4 is 0 Å². The number of nitrogens with zero attached hydrogens (tertiary/aromatic N) is 2. The minimum absolute atomic E-state index is 0.210. The predicted octanol–water partition coefficient (Wildman–Crippen LogP) is 1.56. The Hall–Kier alpha value is -1.21. The van der Waals surface area contributed by atoms with Gasteiger partial charge in [0.15, 0.2) is 0 Å². The molecule has 0 saturated carbocycles. The minimum atomic E-state index is -0.415. The summed E-state index contributed by atoms with van der Waals surface area (Å²) in [5.74, 6) is 5.92. The van der Waals surface area contributed by atoms with Crippen LogP contribution >= 0.6 is 0 Å². The molecule has 0 N–H and O–H groups in total. The third-order valence-electron chi connectivity index (χ3n) is 2.50. The molecule has 1 fully saturated rings. The summed E-state index contributed by atoms with van der Waals surface area (Å²) in [5.41, 5.74) is -0.415. The molecule has 96 valence electrons. The summed E-state index contributed by atoms with van der Waals surface area (Å²) in [7, 11) is 0. The fourth-order valence-corrected chi connectivity index (χ4v) is 1.61. The summed E-state index contributed by atoms with van der Waals surface area (Å²) in [6.07, 6.45) is -0.210. The van der Waals surface area contributed by atoms with Crippen LogP contribution in [-0.2, 0) is 4.74 Å². The van der Waals surface area contributed by atoms with E-state index in [4.69, 9.17) is 4.74 Å². The van der Waals surface area contributed by atoms with Crippen molar-refractivity contribution in [1.82, 2.24) is 9.80 Å². The Kier molecular flexibility index (Phi) is 4.83. The highest BCUT2D eigenvalue weighted by atomic mass is 16.6. The average Bonchev–Trinajstić information content (AvgIpc) is 2.24. The first kappa shape index (κ1) is 13.9. The molecule has 1 heterocycles. The zero-order chi connectivity index (χ0) is 12.9. The molecule has 17 heavy (non-hydrogen) atoms. The zero-order valence-corrected chi connectivity index (χ0v) is 11.2. The number of piperazine rings is 1. The lowest BCUT2D eigenvalue weighted by molar-refractivity contribution is 0.0155. The summed E-state index contributed by atoms with van der Waals surface area (Å²) in [6.45, 7) is 11.5. The van der Waals surface area contributed by atoms with Gasteiger partial charge in [-0.05, 0) is 27.7 Å². The fraction of sp³-hybridized carbons (Fsp3) is 0.769. The second kappa shape index (κ2) is 5.92. The van der Waals surface area contributed by atoms with Gasteiger partial charge in [-0.2, -0.15) is 0 Å². The number of carbonyl (C=O) groups excluding carboxylic acids is 1. The molecule has 0 atom stereocenters. The van der Waals surface area contributed by atoms with E-state index in [0.717, 1.165) is 32.7 Å². The van der Waals surface area contributed by atoms with Gasteiger partial charge in [0.2, 0.25) is 0 Å². The van der Waals surface area contributed by atoms with E-state index in [1.165, 1.54) is 0 Å². The lowest BCUT2D eigenvalue weighted by Gasteiger charge is -2.34. The molecular weight excluding hydrogens is 216 g/mol. The highest BCUT2D eigenvalue weighted by Crippen LogP contribution is 2.11. The Labute approximate surface area is 104 Å². The fourth-order valence-electron chi connectivity index (χ4n) is 1.61. The van der Waals surface area contributed by atoms with Crippen molar-refractivity contribution in [3.05, 3.63) is 0 Å². The van der Waals surface area contributed by atoms with Crippen LogP contribution in [0.4, 0.5) is 4.79 Å². The maximum absolute atomic E-state index is 11.8. The van der Waals surface area contributed by atoms with Crippen molar-refractivity contribution in [2.45, 2.75) is 33.3 Å². The summed E-state index contributed by atoms with van der Waals surface area (Å²) in [5, 5.41) is 0. The van der Waals surface area contributed by atoms with E-state index in [0.29, 0.717) is 0 Å². The van der Waals surface area contributed by atoms with Crippen molar-refractivity contribution in [2.24, 2.45) is 0 Å². The molecule has 0 bridgehead atoms. The Morgan fingerprint density at radius 1 is 1.24 bits per heavy atom. The molecule has 0 aromatic rings. The molecule has 1 saturated heterocycles. The summed E-state index contributed by atoms with van der Waals surface area (Å²) in [6, 6.07) is 0. The quantitative estimate of drug-likeness (QED) is 0.650. The van der Waals surface area contributed by atoms with Gasteiger partial charge >= 0.3 is 6.09 Å². The van der Waals surface area contributed by atoms with Crippen molar-refractivity contribution >= 4 is 6.09 Å². The van der Waals surface area contributed by atoms with E-state index in [2.05, 4.69) is 16.7 Å². The number of carbonyl (C=O) groups is 1. The van der Waals surface area contributed by atoms with E-state index in [1.54, 1.807) is 4.90 Å². The first-order valence-electron chi connectivity index (χ1n) is 6.02. The van der Waals surface area contributed by atoms with Gasteiger partial charge in [0, 0.05) is 26.2 Å². The van der Waals surface area contributed by atoms with Gasteiger partial charge in [-0.3, -0.25) is 4.90 Å². The summed E-state index contributed by atoms with van der Waals surface area (Å²) >= 11 is 0. The molecule has 0 spiro atoms. The van der Waals surface area contributed by atoms with Crippen LogP contribution in [0.15, 0.2) is 0 Å². The van der Waals surface area contributed by atoms with Gasteiger partial charge in [-0.25, -0.2) is 4.79 Å². The van der Waals surface area contributed by atoms with E-state index >= 15 is 0 Å². The second-order valence-electron chi connectivity index (χ2n) is 5.17. The molecule has 1 rings (SSSR count). The molecule has 4 nitrogen and oxygen atoms in total. The first-order valence-corrected chi connectivity index (χ1v) is 6.02. The molecule has 1 aliphatic heterocycles. The average molecular weight is 238 g/mol. The summed E-state index contributed by atoms with van der Waals surface area (Å²) in [4.78, 5) is 15.8. The van der Waals surface area contributed by atoms with Crippen molar-refractivity contribution in [3.8, 4) is 11.8 Å². The summed E-state index contributed by atoms with van der Waals surface area (Å²) < 4.78 is 5.33. The lowest BCUT2D eigenvalue weighted by atomic mass is 10.2. The van der Waals surface area contributed by atoms with Crippen molar-refractivity contribution in [1.29, 1.82) is 0 Å². The predicted molar refractivity (Wildman–Crippen MR) is 67.7 cm³/mol. The van der Waals surface area contributed by atoms with Gasteiger partial charge in [0.1, 0.15) is 5.60 Å². The van der Waals surface area contributed by atoms with Crippen molar-refractivity contribution in [3.63, 3.8) is 0 Å². The van der Waals surface area contributed by atoms with Gasteiger partial charge < -0.3 is 9.64 Å². The first-order chi connectivity index (χ1) is 7.92. The Bertz CT molecular complexity index is 315. The third-order valence-corrected chi connectivity index (χ3v) is 2.50. The monoisotopic (exact) mass is 238 g/mol. The normalized spacial score (nSPS) is 17.3. The van der Waals surface area contributed by atoms with Crippen LogP contribution in [0.3, 0.4) is 0 Å². The van der Waals surface area contributed by atoms with Crippen molar-refractivity contribution < 1.29 is 9.53 Å². The molecule has 0 unspecified atom stereocenters. The number of ether oxygens (including phenoxy) is 1. The van der Waals surface area contributed by atoms with Crippen LogP contribution in [0.25, 0.3) is 0 Å². The molecule has 4 heteroatoms. The Balaban J connectivity index is 2.35. The molecule has 0 aliphatic carbocycles. The minimum Gasteiger partial charge on any atom is -0.444 e. The third kappa shape index (κ3) is 5.10. The largest absolute Gasteiger partial charge is 0.444 e. The molecule has 1 amide bonds. The van der Waals surface area contributed by atoms with E-state index in [9.17, 15) is 4.79 Å². The number of amides is 1. The molecule has 0 aromatic heterocycles. The maximum atomic E-state index is 11.8. The molecule has 0 aromatic carbocycles. The molecule has 1 aliphatic rings. The van der Waals surface area contributed by atoms with E-state index in [1.807, 2.05) is 27.7 Å². The SMILES string of the molecule is CC#CCN1CCN(C(=O)OC(C)(C)C)CC1. The zero-order valence-electron chi connectivity index (χ0n) is 11.2. The van der Waals surface area contributed by atoms with Crippen molar-refractivity contribution in [2.75, 3.05) is 32.7 Å². The highest BCUT2D eigenvalue weighted by Gasteiger charge is 2.25. The van der Waals surface area contributed by atoms with Crippen LogP contribution in [0, 0.1) is 11.8 Å².